The molecule has 8 heteroatoms. The van der Waals surface area contributed by atoms with Crippen LogP contribution in [0.4, 0.5) is 13.2 Å². The highest BCUT2D eigenvalue weighted by atomic mass is 19.4. The van der Waals surface area contributed by atoms with Gasteiger partial charge in [0.2, 0.25) is 5.82 Å². The molecule has 98 valence electrons. The Labute approximate surface area is 102 Å². The zero-order valence-electron chi connectivity index (χ0n) is 9.78. The Morgan fingerprint density at radius 3 is 2.67 bits per heavy atom. The van der Waals surface area contributed by atoms with Crippen LogP contribution in [0.2, 0.25) is 0 Å². The smallest absolute Gasteiger partial charge is 0.305 e. The summed E-state index contributed by atoms with van der Waals surface area (Å²) >= 11 is 0. The van der Waals surface area contributed by atoms with Crippen molar-refractivity contribution in [2.75, 3.05) is 6.54 Å². The van der Waals surface area contributed by atoms with Crippen LogP contribution in [0, 0.1) is 11.3 Å². The summed E-state index contributed by atoms with van der Waals surface area (Å²) in [5, 5.41) is 15.7. The number of aromatic nitrogens is 3. The number of fused-ring (bicyclic) bond motifs is 1. The van der Waals surface area contributed by atoms with Gasteiger partial charge in [-0.25, -0.2) is 0 Å². The monoisotopic (exact) mass is 259 g/mol. The van der Waals surface area contributed by atoms with Gasteiger partial charge in [-0.2, -0.15) is 18.4 Å². The average Bonchev–Trinajstić information content (AvgIpc) is 2.73. The lowest BCUT2D eigenvalue weighted by Gasteiger charge is -2.30. The molecule has 18 heavy (non-hydrogen) atoms. The number of hydrogen-bond acceptors (Lipinski definition) is 4. The fourth-order valence-electron chi connectivity index (χ4n) is 2.08. The van der Waals surface area contributed by atoms with Gasteiger partial charge in [-0.3, -0.25) is 4.90 Å². The fourth-order valence-corrected chi connectivity index (χ4v) is 2.08. The number of rotatable bonds is 2. The molecule has 1 aromatic heterocycles. The molecule has 0 amide bonds. The maximum absolute atomic E-state index is 12.6. The quantitative estimate of drug-likeness (QED) is 0.805. The van der Waals surface area contributed by atoms with Gasteiger partial charge in [-0.15, -0.1) is 10.2 Å². The van der Waals surface area contributed by atoms with Gasteiger partial charge in [0.25, 0.3) is 0 Å². The number of alkyl halides is 3. The first-order valence-electron chi connectivity index (χ1n) is 5.60. The molecule has 1 aromatic rings. The minimum absolute atomic E-state index is 0.162. The number of hydrogen-bond donors (Lipinski definition) is 0. The summed E-state index contributed by atoms with van der Waals surface area (Å²) in [5.74, 6) is -0.690. The van der Waals surface area contributed by atoms with E-state index in [4.69, 9.17) is 5.26 Å². The molecule has 0 aliphatic carbocycles. The fraction of sp³-hybridized carbons (Fsp3) is 0.700. The number of nitrogens with zero attached hydrogens (tertiary/aromatic N) is 5. The van der Waals surface area contributed by atoms with E-state index in [0.717, 1.165) is 4.57 Å². The normalized spacial score (nSPS) is 18.2. The summed E-state index contributed by atoms with van der Waals surface area (Å²) < 4.78 is 38.9. The summed E-state index contributed by atoms with van der Waals surface area (Å²) in [4.78, 5) is 1.82. The van der Waals surface area contributed by atoms with Crippen LogP contribution < -0.4 is 0 Å². The second-order valence-electron chi connectivity index (χ2n) is 4.11. The predicted molar refractivity (Wildman–Crippen MR) is 55.1 cm³/mol. The van der Waals surface area contributed by atoms with Crippen LogP contribution in [0.5, 0.6) is 0 Å². The van der Waals surface area contributed by atoms with Crippen LogP contribution in [0.15, 0.2) is 0 Å². The van der Waals surface area contributed by atoms with Gasteiger partial charge < -0.3 is 4.57 Å². The van der Waals surface area contributed by atoms with E-state index < -0.39 is 12.0 Å². The third kappa shape index (κ3) is 2.18. The van der Waals surface area contributed by atoms with Crippen molar-refractivity contribution in [3.63, 3.8) is 0 Å². The van der Waals surface area contributed by atoms with Gasteiger partial charge in [0.1, 0.15) is 5.82 Å². The van der Waals surface area contributed by atoms with Crippen LogP contribution >= 0.6 is 0 Å². The molecule has 0 spiro atoms. The Balaban J connectivity index is 2.23. The molecule has 0 N–H and O–H groups in total. The molecular weight excluding hydrogens is 247 g/mol. The topological polar surface area (TPSA) is 57.7 Å². The molecule has 1 aliphatic heterocycles. The molecule has 1 unspecified atom stereocenters. The number of nitriles is 1. The van der Waals surface area contributed by atoms with Crippen LogP contribution in [0.1, 0.15) is 25.0 Å². The first-order valence-corrected chi connectivity index (χ1v) is 5.60. The lowest BCUT2D eigenvalue weighted by atomic mass is 10.2. The highest BCUT2D eigenvalue weighted by Gasteiger charge is 2.39. The van der Waals surface area contributed by atoms with E-state index in [0.29, 0.717) is 13.0 Å². The standard InChI is InChI=1S/C10H12F3N5/c1-2-7(5-14)17-3-4-18-8(6-17)15-16-9(18)10(11,12)13/h7H,2-4,6H2,1H3. The highest BCUT2D eigenvalue weighted by Crippen LogP contribution is 2.29. The molecule has 2 rings (SSSR count). The van der Waals surface area contributed by atoms with E-state index in [1.165, 1.54) is 0 Å². The summed E-state index contributed by atoms with van der Waals surface area (Å²) in [5.41, 5.74) is 0. The van der Waals surface area contributed by atoms with Crippen molar-refractivity contribution in [2.24, 2.45) is 0 Å². The SMILES string of the molecule is CCC(C#N)N1CCn2c(nnc2C(F)(F)F)C1. The van der Waals surface area contributed by atoms with Gasteiger partial charge >= 0.3 is 6.18 Å². The first kappa shape index (κ1) is 12.8. The lowest BCUT2D eigenvalue weighted by molar-refractivity contribution is -0.148. The van der Waals surface area contributed by atoms with Gasteiger partial charge in [-0.05, 0) is 6.42 Å². The predicted octanol–water partition coefficient (Wildman–Crippen LogP) is 1.41. The molecule has 0 fully saturated rings. The Hall–Kier alpha value is -1.62. The van der Waals surface area contributed by atoms with Crippen molar-refractivity contribution in [1.82, 2.24) is 19.7 Å². The van der Waals surface area contributed by atoms with E-state index >= 15 is 0 Å². The lowest BCUT2D eigenvalue weighted by Crippen LogP contribution is -2.41. The van der Waals surface area contributed by atoms with E-state index in [1.807, 2.05) is 11.8 Å². The maximum Gasteiger partial charge on any atom is 0.451 e. The second-order valence-corrected chi connectivity index (χ2v) is 4.11. The van der Waals surface area contributed by atoms with Crippen molar-refractivity contribution >= 4 is 0 Å². The van der Waals surface area contributed by atoms with Crippen LogP contribution in [0.3, 0.4) is 0 Å². The summed E-state index contributed by atoms with van der Waals surface area (Å²) in [6.07, 6.45) is -3.84. The maximum atomic E-state index is 12.6. The highest BCUT2D eigenvalue weighted by molar-refractivity contribution is 5.04. The van der Waals surface area contributed by atoms with E-state index in [9.17, 15) is 13.2 Å². The van der Waals surface area contributed by atoms with E-state index in [2.05, 4.69) is 16.3 Å². The zero-order chi connectivity index (χ0) is 13.3. The molecule has 1 aliphatic rings. The Bertz CT molecular complexity index is 473. The van der Waals surface area contributed by atoms with Crippen molar-refractivity contribution < 1.29 is 13.2 Å². The van der Waals surface area contributed by atoms with Crippen molar-refractivity contribution in [1.29, 1.82) is 5.26 Å². The second kappa shape index (κ2) is 4.57. The molecule has 0 saturated carbocycles. The van der Waals surface area contributed by atoms with E-state index in [1.54, 1.807) is 0 Å². The Morgan fingerprint density at radius 2 is 2.11 bits per heavy atom. The molecular formula is C10H12F3N5. The summed E-state index contributed by atoms with van der Waals surface area (Å²) in [6, 6.07) is 1.85. The summed E-state index contributed by atoms with van der Waals surface area (Å²) in [7, 11) is 0. The third-order valence-corrected chi connectivity index (χ3v) is 3.01. The largest absolute Gasteiger partial charge is 0.451 e. The Morgan fingerprint density at radius 1 is 1.39 bits per heavy atom. The minimum Gasteiger partial charge on any atom is -0.305 e. The minimum atomic E-state index is -4.48. The molecule has 0 radical (unpaired) electrons. The number of halogens is 3. The van der Waals surface area contributed by atoms with Crippen LogP contribution in [-0.2, 0) is 19.3 Å². The zero-order valence-corrected chi connectivity index (χ0v) is 9.78. The van der Waals surface area contributed by atoms with Gasteiger partial charge in [0.05, 0.1) is 18.7 Å². The van der Waals surface area contributed by atoms with Crippen LogP contribution in [0.25, 0.3) is 0 Å². The molecule has 0 aromatic carbocycles. The summed E-state index contributed by atoms with van der Waals surface area (Å²) in [6.45, 7) is 2.67. The molecule has 5 nitrogen and oxygen atoms in total. The molecule has 2 heterocycles. The van der Waals surface area contributed by atoms with Crippen LogP contribution in [-0.4, -0.2) is 32.3 Å². The van der Waals surface area contributed by atoms with E-state index in [-0.39, 0.29) is 25.0 Å². The van der Waals surface area contributed by atoms with Crippen molar-refractivity contribution in [2.45, 2.75) is 38.7 Å². The van der Waals surface area contributed by atoms with Gasteiger partial charge in [0.15, 0.2) is 0 Å². The van der Waals surface area contributed by atoms with Crippen molar-refractivity contribution in [3.8, 4) is 6.07 Å². The first-order chi connectivity index (χ1) is 8.47. The Kier molecular flexibility index (Phi) is 3.26. The molecule has 0 bridgehead atoms. The molecule has 1 atom stereocenters. The van der Waals surface area contributed by atoms with Gasteiger partial charge in [0, 0.05) is 13.1 Å². The van der Waals surface area contributed by atoms with Gasteiger partial charge in [-0.1, -0.05) is 6.92 Å². The van der Waals surface area contributed by atoms with Crippen molar-refractivity contribution in [3.05, 3.63) is 11.6 Å². The molecule has 0 saturated heterocycles. The third-order valence-electron chi connectivity index (χ3n) is 3.01. The average molecular weight is 259 g/mol.